The van der Waals surface area contributed by atoms with Crippen molar-refractivity contribution in [2.75, 3.05) is 37.7 Å². The number of hydrogen-bond donors (Lipinski definition) is 1. The average molecular weight is 290 g/mol. The minimum Gasteiger partial charge on any atom is -0.379 e. The predicted octanol–water partition coefficient (Wildman–Crippen LogP) is 3.39. The maximum atomic E-state index is 5.71. The molecule has 2 rings (SSSR count). The van der Waals surface area contributed by atoms with Gasteiger partial charge in [0, 0.05) is 31.4 Å². The molecule has 0 radical (unpaired) electrons. The molecule has 1 N–H and O–H groups in total. The van der Waals surface area contributed by atoms with Crippen LogP contribution in [0.3, 0.4) is 0 Å². The molecule has 1 aliphatic heterocycles. The van der Waals surface area contributed by atoms with Gasteiger partial charge in [-0.1, -0.05) is 32.9 Å². The third-order valence-electron chi connectivity index (χ3n) is 4.06. The Balaban J connectivity index is 1.91. The van der Waals surface area contributed by atoms with Gasteiger partial charge in [-0.25, -0.2) is 0 Å². The monoisotopic (exact) mass is 290 g/mol. The second-order valence-electron chi connectivity index (χ2n) is 6.37. The Morgan fingerprint density at radius 2 is 2.10 bits per heavy atom. The zero-order valence-electron chi connectivity index (χ0n) is 14.0. The highest BCUT2D eigenvalue weighted by Crippen LogP contribution is 2.30. The molecular formula is C18H30N2O. The number of benzene rings is 1. The standard InChI is InChI=1S/C18H30N2O/c1-5-19-15(4)16-6-7-18-17(12-16)8-9-20(18)10-11-21-13-14(2)3/h6-7,12,14-15,19H,5,8-11,13H2,1-4H3. The summed E-state index contributed by atoms with van der Waals surface area (Å²) in [6.07, 6.45) is 1.16. The van der Waals surface area contributed by atoms with Crippen molar-refractivity contribution >= 4 is 5.69 Å². The highest BCUT2D eigenvalue weighted by Gasteiger charge is 2.19. The topological polar surface area (TPSA) is 24.5 Å². The van der Waals surface area contributed by atoms with E-state index in [0.29, 0.717) is 12.0 Å². The largest absolute Gasteiger partial charge is 0.379 e. The molecule has 1 unspecified atom stereocenters. The first-order chi connectivity index (χ1) is 10.1. The molecule has 1 aliphatic rings. The van der Waals surface area contributed by atoms with E-state index in [1.54, 1.807) is 0 Å². The average Bonchev–Trinajstić information content (AvgIpc) is 2.86. The Kier molecular flexibility index (Phi) is 6.07. The molecule has 0 amide bonds. The van der Waals surface area contributed by atoms with Gasteiger partial charge < -0.3 is 15.0 Å². The molecule has 1 heterocycles. The summed E-state index contributed by atoms with van der Waals surface area (Å²) in [5, 5.41) is 3.48. The summed E-state index contributed by atoms with van der Waals surface area (Å²) in [7, 11) is 0. The molecule has 0 saturated heterocycles. The number of anilines is 1. The van der Waals surface area contributed by atoms with Gasteiger partial charge in [-0.3, -0.25) is 0 Å². The van der Waals surface area contributed by atoms with Gasteiger partial charge >= 0.3 is 0 Å². The lowest BCUT2D eigenvalue weighted by molar-refractivity contribution is 0.115. The molecular weight excluding hydrogens is 260 g/mol. The number of ether oxygens (including phenoxy) is 1. The summed E-state index contributed by atoms with van der Waals surface area (Å²) >= 11 is 0. The van der Waals surface area contributed by atoms with Crippen LogP contribution in [0, 0.1) is 5.92 Å². The van der Waals surface area contributed by atoms with Crippen molar-refractivity contribution in [3.63, 3.8) is 0 Å². The maximum Gasteiger partial charge on any atom is 0.0641 e. The molecule has 0 bridgehead atoms. The Labute approximate surface area is 129 Å². The van der Waals surface area contributed by atoms with Crippen LogP contribution < -0.4 is 10.2 Å². The highest BCUT2D eigenvalue weighted by molar-refractivity contribution is 5.59. The normalized spacial score (nSPS) is 15.6. The van der Waals surface area contributed by atoms with Gasteiger partial charge in [0.15, 0.2) is 0 Å². The van der Waals surface area contributed by atoms with E-state index in [0.717, 1.165) is 39.3 Å². The smallest absolute Gasteiger partial charge is 0.0641 e. The quantitative estimate of drug-likeness (QED) is 0.743. The fourth-order valence-electron chi connectivity index (χ4n) is 2.91. The molecule has 0 spiro atoms. The van der Waals surface area contributed by atoms with Crippen molar-refractivity contribution in [1.82, 2.24) is 5.32 Å². The first kappa shape index (κ1) is 16.3. The van der Waals surface area contributed by atoms with Crippen LogP contribution in [0.1, 0.15) is 44.9 Å². The van der Waals surface area contributed by atoms with Gasteiger partial charge in [0.25, 0.3) is 0 Å². The van der Waals surface area contributed by atoms with Gasteiger partial charge in [-0.05, 0) is 43.0 Å². The van der Waals surface area contributed by atoms with Gasteiger partial charge in [-0.15, -0.1) is 0 Å². The summed E-state index contributed by atoms with van der Waals surface area (Å²) in [4.78, 5) is 2.46. The summed E-state index contributed by atoms with van der Waals surface area (Å²) < 4.78 is 5.71. The summed E-state index contributed by atoms with van der Waals surface area (Å²) in [6, 6.07) is 7.36. The molecule has 21 heavy (non-hydrogen) atoms. The van der Waals surface area contributed by atoms with Crippen LogP contribution in [-0.2, 0) is 11.2 Å². The summed E-state index contributed by atoms with van der Waals surface area (Å²) in [6.45, 7) is 13.6. The second kappa shape index (κ2) is 7.81. The lowest BCUT2D eigenvalue weighted by Crippen LogP contribution is -2.25. The van der Waals surface area contributed by atoms with E-state index in [4.69, 9.17) is 4.74 Å². The zero-order valence-corrected chi connectivity index (χ0v) is 14.0. The Hall–Kier alpha value is -1.06. The molecule has 0 aliphatic carbocycles. The second-order valence-corrected chi connectivity index (χ2v) is 6.37. The number of hydrogen-bond acceptors (Lipinski definition) is 3. The highest BCUT2D eigenvalue weighted by atomic mass is 16.5. The van der Waals surface area contributed by atoms with Crippen molar-refractivity contribution < 1.29 is 4.74 Å². The minimum absolute atomic E-state index is 0.434. The number of nitrogens with one attached hydrogen (secondary N) is 1. The predicted molar refractivity (Wildman–Crippen MR) is 90.1 cm³/mol. The van der Waals surface area contributed by atoms with Crippen LogP contribution in [0.2, 0.25) is 0 Å². The molecule has 118 valence electrons. The van der Waals surface area contributed by atoms with E-state index in [1.807, 2.05) is 0 Å². The van der Waals surface area contributed by atoms with Crippen LogP contribution in [0.25, 0.3) is 0 Å². The van der Waals surface area contributed by atoms with Crippen LogP contribution >= 0.6 is 0 Å². The van der Waals surface area contributed by atoms with Gasteiger partial charge in [0.1, 0.15) is 0 Å². The first-order valence-electron chi connectivity index (χ1n) is 8.30. The fraction of sp³-hybridized carbons (Fsp3) is 0.667. The molecule has 1 aromatic carbocycles. The first-order valence-corrected chi connectivity index (χ1v) is 8.30. The maximum absolute atomic E-state index is 5.71. The summed E-state index contributed by atoms with van der Waals surface area (Å²) in [5.74, 6) is 0.617. The molecule has 3 nitrogen and oxygen atoms in total. The van der Waals surface area contributed by atoms with Gasteiger partial charge in [0.2, 0.25) is 0 Å². The number of rotatable bonds is 8. The Morgan fingerprint density at radius 1 is 1.29 bits per heavy atom. The van der Waals surface area contributed by atoms with E-state index >= 15 is 0 Å². The zero-order chi connectivity index (χ0) is 15.2. The van der Waals surface area contributed by atoms with Crippen molar-refractivity contribution in [2.24, 2.45) is 5.92 Å². The lowest BCUT2D eigenvalue weighted by atomic mass is 10.0. The van der Waals surface area contributed by atoms with E-state index in [-0.39, 0.29) is 0 Å². The lowest BCUT2D eigenvalue weighted by Gasteiger charge is -2.20. The molecule has 1 aromatic rings. The van der Waals surface area contributed by atoms with Crippen molar-refractivity contribution in [2.45, 2.75) is 40.2 Å². The SMILES string of the molecule is CCNC(C)c1ccc2c(c1)CCN2CCOCC(C)C. The van der Waals surface area contributed by atoms with Gasteiger partial charge in [0.05, 0.1) is 6.61 Å². The van der Waals surface area contributed by atoms with Crippen LogP contribution in [0.4, 0.5) is 5.69 Å². The van der Waals surface area contributed by atoms with Crippen molar-refractivity contribution in [3.8, 4) is 0 Å². The Bertz CT molecular complexity index is 445. The number of fused-ring (bicyclic) bond motifs is 1. The third kappa shape index (κ3) is 4.45. The third-order valence-corrected chi connectivity index (χ3v) is 4.06. The summed E-state index contributed by atoms with van der Waals surface area (Å²) in [5.41, 5.74) is 4.28. The van der Waals surface area contributed by atoms with Crippen molar-refractivity contribution in [3.05, 3.63) is 29.3 Å². The van der Waals surface area contributed by atoms with E-state index in [1.165, 1.54) is 16.8 Å². The van der Waals surface area contributed by atoms with E-state index in [9.17, 15) is 0 Å². The molecule has 0 fully saturated rings. The van der Waals surface area contributed by atoms with E-state index in [2.05, 4.69) is 56.1 Å². The molecule has 0 aromatic heterocycles. The van der Waals surface area contributed by atoms with Gasteiger partial charge in [-0.2, -0.15) is 0 Å². The van der Waals surface area contributed by atoms with Crippen LogP contribution in [0.5, 0.6) is 0 Å². The molecule has 3 heteroatoms. The van der Waals surface area contributed by atoms with E-state index < -0.39 is 0 Å². The minimum atomic E-state index is 0.434. The molecule has 0 saturated carbocycles. The van der Waals surface area contributed by atoms with Crippen molar-refractivity contribution in [1.29, 1.82) is 0 Å². The number of nitrogens with zero attached hydrogens (tertiary/aromatic N) is 1. The van der Waals surface area contributed by atoms with Crippen LogP contribution in [0.15, 0.2) is 18.2 Å². The Morgan fingerprint density at radius 3 is 2.81 bits per heavy atom. The van der Waals surface area contributed by atoms with Crippen LogP contribution in [-0.4, -0.2) is 32.8 Å². The fourth-order valence-corrected chi connectivity index (χ4v) is 2.91. The molecule has 1 atom stereocenters.